The topological polar surface area (TPSA) is 29.5 Å². The molecule has 31 heavy (non-hydrogen) atoms. The molecule has 0 aromatic rings. The second-order valence-electron chi connectivity index (χ2n) is 10.3. The minimum atomic E-state index is -0.442. The van der Waals surface area contributed by atoms with Gasteiger partial charge in [0.05, 0.1) is 11.7 Å². The van der Waals surface area contributed by atoms with Gasteiger partial charge in [0.2, 0.25) is 0 Å². The van der Waals surface area contributed by atoms with Gasteiger partial charge in [-0.15, -0.1) is 0 Å². The van der Waals surface area contributed by atoms with Gasteiger partial charge in [-0.05, 0) is 101 Å². The van der Waals surface area contributed by atoms with Crippen molar-refractivity contribution in [1.82, 2.24) is 0 Å². The Hall–Kier alpha value is -1.12. The van der Waals surface area contributed by atoms with Crippen LogP contribution in [0.4, 0.5) is 0 Å². The second kappa shape index (κ2) is 11.7. The lowest BCUT2D eigenvalue weighted by Crippen LogP contribution is -2.51. The predicted octanol–water partition coefficient (Wildman–Crippen LogP) is 8.03. The minimum absolute atomic E-state index is 0.0722. The average Bonchev–Trinajstić information content (AvgIpc) is 2.73. The zero-order chi connectivity index (χ0) is 23.1. The molecule has 2 heteroatoms. The van der Waals surface area contributed by atoms with Crippen molar-refractivity contribution in [3.05, 3.63) is 46.6 Å². The molecule has 176 valence electrons. The highest BCUT2D eigenvalue weighted by Crippen LogP contribution is 2.50. The number of allylic oxidation sites excluding steroid dienone is 4. The van der Waals surface area contributed by atoms with Crippen molar-refractivity contribution in [2.24, 2.45) is 5.92 Å². The van der Waals surface area contributed by atoms with E-state index in [1.165, 1.54) is 42.4 Å². The number of hydrogen-bond acceptors (Lipinski definition) is 2. The largest absolute Gasteiger partial charge is 0.504 e. The van der Waals surface area contributed by atoms with Crippen LogP contribution in [0, 0.1) is 12.0 Å². The molecule has 4 atom stereocenters. The molecule has 0 aromatic heterocycles. The van der Waals surface area contributed by atoms with E-state index in [0.29, 0.717) is 0 Å². The Labute approximate surface area is 192 Å². The van der Waals surface area contributed by atoms with Gasteiger partial charge in [-0.2, -0.15) is 6.92 Å². The van der Waals surface area contributed by atoms with E-state index in [1.807, 2.05) is 6.92 Å². The van der Waals surface area contributed by atoms with E-state index in [1.54, 1.807) is 0 Å². The zero-order valence-corrected chi connectivity index (χ0v) is 21.3. The SMILES string of the molecule is C[C-]=CCC/C(C)=C/CCC(C)CCCC1(C)CCC2=CC(O)C(C)=C(C)C2(CC)O1. The Morgan fingerprint density at radius 1 is 1.32 bits per heavy atom. The fourth-order valence-corrected chi connectivity index (χ4v) is 5.40. The van der Waals surface area contributed by atoms with Crippen LogP contribution < -0.4 is 0 Å². The van der Waals surface area contributed by atoms with Gasteiger partial charge in [-0.3, -0.25) is 6.08 Å². The van der Waals surface area contributed by atoms with Crippen LogP contribution in [0.25, 0.3) is 0 Å². The third-order valence-electron chi connectivity index (χ3n) is 7.80. The Bertz CT molecular complexity index is 710. The van der Waals surface area contributed by atoms with Gasteiger partial charge in [0, 0.05) is 0 Å². The average molecular weight is 428 g/mol. The van der Waals surface area contributed by atoms with Gasteiger partial charge in [0.1, 0.15) is 5.60 Å². The quantitative estimate of drug-likeness (QED) is 0.267. The summed E-state index contributed by atoms with van der Waals surface area (Å²) >= 11 is 0. The normalized spacial score (nSPS) is 30.5. The Kier molecular flexibility index (Phi) is 9.83. The fourth-order valence-electron chi connectivity index (χ4n) is 5.40. The van der Waals surface area contributed by atoms with Gasteiger partial charge < -0.3 is 15.9 Å². The molecule has 0 radical (unpaired) electrons. The zero-order valence-electron chi connectivity index (χ0n) is 21.3. The van der Waals surface area contributed by atoms with E-state index >= 15 is 0 Å². The molecular weight excluding hydrogens is 380 g/mol. The summed E-state index contributed by atoms with van der Waals surface area (Å²) in [4.78, 5) is 0. The highest BCUT2D eigenvalue weighted by atomic mass is 16.5. The van der Waals surface area contributed by atoms with Crippen molar-refractivity contribution in [3.63, 3.8) is 0 Å². The van der Waals surface area contributed by atoms with Crippen LogP contribution >= 0.6 is 0 Å². The molecular formula is C29H47O2-. The van der Waals surface area contributed by atoms with Crippen molar-refractivity contribution < 1.29 is 9.84 Å². The maximum atomic E-state index is 10.4. The van der Waals surface area contributed by atoms with Crippen molar-refractivity contribution in [2.45, 2.75) is 130 Å². The molecule has 1 N–H and O–H groups in total. The maximum absolute atomic E-state index is 10.4. The van der Waals surface area contributed by atoms with Gasteiger partial charge in [0.15, 0.2) is 0 Å². The molecule has 0 spiro atoms. The lowest BCUT2D eigenvalue weighted by Gasteiger charge is -2.51. The van der Waals surface area contributed by atoms with Crippen LogP contribution in [0.5, 0.6) is 0 Å². The lowest BCUT2D eigenvalue weighted by molar-refractivity contribution is -0.144. The molecule has 0 amide bonds. The van der Waals surface area contributed by atoms with E-state index < -0.39 is 6.10 Å². The minimum Gasteiger partial charge on any atom is -0.504 e. The van der Waals surface area contributed by atoms with Gasteiger partial charge in [-0.25, -0.2) is 0 Å². The summed E-state index contributed by atoms with van der Waals surface area (Å²) in [6, 6.07) is 0. The van der Waals surface area contributed by atoms with Gasteiger partial charge in [0.25, 0.3) is 0 Å². The molecule has 0 saturated carbocycles. The molecule has 1 aliphatic carbocycles. The number of rotatable bonds is 11. The lowest BCUT2D eigenvalue weighted by atomic mass is 9.70. The summed E-state index contributed by atoms with van der Waals surface area (Å²) in [6.45, 7) is 15.4. The number of ether oxygens (including phenoxy) is 1. The van der Waals surface area contributed by atoms with E-state index in [-0.39, 0.29) is 11.2 Å². The summed E-state index contributed by atoms with van der Waals surface area (Å²) in [7, 11) is 0. The second-order valence-corrected chi connectivity index (χ2v) is 10.3. The third-order valence-corrected chi connectivity index (χ3v) is 7.80. The number of hydrogen-bond donors (Lipinski definition) is 1. The highest BCUT2D eigenvalue weighted by Gasteiger charge is 2.48. The van der Waals surface area contributed by atoms with Crippen molar-refractivity contribution in [2.75, 3.05) is 0 Å². The molecule has 1 saturated heterocycles. The van der Waals surface area contributed by atoms with Crippen molar-refractivity contribution in [3.8, 4) is 0 Å². The standard InChI is InChI=1S/C29H47O2/c1-8-10-11-14-22(3)15-12-16-23(4)17-13-19-28(7)20-18-26-21-27(30)24(5)25(6)29(26,9-2)31-28/h10,15,21,23,27,30H,9,11-14,16-20H2,1-7H3/q-1/b22-15+. The van der Waals surface area contributed by atoms with Crippen LogP contribution in [-0.2, 0) is 4.74 Å². The number of fused-ring (bicyclic) bond motifs is 1. The molecule has 2 aliphatic rings. The molecule has 1 fully saturated rings. The van der Waals surface area contributed by atoms with Gasteiger partial charge in [-0.1, -0.05) is 44.8 Å². The summed E-state index contributed by atoms with van der Waals surface area (Å²) in [5.41, 5.74) is 4.73. The maximum Gasteiger partial charge on any atom is 0.111 e. The highest BCUT2D eigenvalue weighted by molar-refractivity contribution is 5.44. The van der Waals surface area contributed by atoms with Crippen LogP contribution in [0.2, 0.25) is 0 Å². The Balaban J connectivity index is 1.84. The van der Waals surface area contributed by atoms with Crippen LogP contribution in [0.3, 0.4) is 0 Å². The van der Waals surface area contributed by atoms with Crippen LogP contribution in [-0.4, -0.2) is 22.4 Å². The summed E-state index contributed by atoms with van der Waals surface area (Å²) in [5, 5.41) is 10.4. The van der Waals surface area contributed by atoms with Crippen molar-refractivity contribution >= 4 is 0 Å². The molecule has 0 bridgehead atoms. The number of aliphatic hydroxyl groups is 1. The summed E-state index contributed by atoms with van der Waals surface area (Å²) < 4.78 is 6.93. The first-order valence-electron chi connectivity index (χ1n) is 12.6. The predicted molar refractivity (Wildman–Crippen MR) is 133 cm³/mol. The molecule has 2 nitrogen and oxygen atoms in total. The third kappa shape index (κ3) is 6.68. The van der Waals surface area contributed by atoms with Crippen molar-refractivity contribution in [1.29, 1.82) is 0 Å². The molecule has 1 heterocycles. The number of aliphatic hydroxyl groups excluding tert-OH is 1. The Morgan fingerprint density at radius 3 is 2.74 bits per heavy atom. The first-order valence-corrected chi connectivity index (χ1v) is 12.6. The van der Waals surface area contributed by atoms with Crippen LogP contribution in [0.1, 0.15) is 113 Å². The first kappa shape index (κ1) is 26.1. The van der Waals surface area contributed by atoms with Crippen LogP contribution in [0.15, 0.2) is 40.5 Å². The Morgan fingerprint density at radius 2 is 2.06 bits per heavy atom. The monoisotopic (exact) mass is 427 g/mol. The smallest absolute Gasteiger partial charge is 0.111 e. The molecule has 4 unspecified atom stereocenters. The van der Waals surface area contributed by atoms with E-state index in [4.69, 9.17) is 4.74 Å². The van der Waals surface area contributed by atoms with E-state index in [2.05, 4.69) is 65.8 Å². The fraction of sp³-hybridized carbons (Fsp3) is 0.724. The van der Waals surface area contributed by atoms with E-state index in [9.17, 15) is 5.11 Å². The molecule has 1 aliphatic heterocycles. The summed E-state index contributed by atoms with van der Waals surface area (Å²) in [5.74, 6) is 0.754. The first-order chi connectivity index (χ1) is 14.7. The van der Waals surface area contributed by atoms with E-state index in [0.717, 1.165) is 50.0 Å². The summed E-state index contributed by atoms with van der Waals surface area (Å²) in [6.07, 6.45) is 20.7. The molecule has 2 rings (SSSR count). The van der Waals surface area contributed by atoms with Gasteiger partial charge >= 0.3 is 0 Å². The molecule has 0 aromatic carbocycles.